The molecule has 0 bridgehead atoms. The fourth-order valence-corrected chi connectivity index (χ4v) is 2.38. The summed E-state index contributed by atoms with van der Waals surface area (Å²) in [5.74, 6) is 1.22. The second-order valence-corrected chi connectivity index (χ2v) is 4.68. The molecule has 6 N–H and O–H groups in total. The number of benzene rings is 1. The second kappa shape index (κ2) is 5.98. The van der Waals surface area contributed by atoms with Crippen LogP contribution in [0.2, 0.25) is 0 Å². The number of methoxy groups -OCH3 is 1. The Morgan fingerprint density at radius 2 is 1.95 bits per heavy atom. The van der Waals surface area contributed by atoms with Crippen LogP contribution in [0.25, 0.3) is 11.0 Å². The summed E-state index contributed by atoms with van der Waals surface area (Å²) in [6.07, 6.45) is 0.492. The second-order valence-electron chi connectivity index (χ2n) is 4.68. The van der Waals surface area contributed by atoms with Crippen molar-refractivity contribution in [1.29, 1.82) is 0 Å². The number of halogens is 1. The standard InChI is InChI=1S/C14H15N5O2.ClH/c1-21-9-5-3-2-4-7(9)6-8-10-11(17-12(8)15)13(20)19-14(16)18-10;/h2-5,17H,6,15H2,1H3,(H3,16,18,19,20);1H. The van der Waals surface area contributed by atoms with E-state index in [1.165, 1.54) is 0 Å². The van der Waals surface area contributed by atoms with Crippen LogP contribution < -0.4 is 21.8 Å². The predicted molar refractivity (Wildman–Crippen MR) is 88.6 cm³/mol. The molecule has 116 valence electrons. The van der Waals surface area contributed by atoms with E-state index >= 15 is 0 Å². The number of H-pyrrole nitrogens is 2. The summed E-state index contributed by atoms with van der Waals surface area (Å²) in [5.41, 5.74) is 13.7. The highest BCUT2D eigenvalue weighted by molar-refractivity contribution is 5.85. The highest BCUT2D eigenvalue weighted by Crippen LogP contribution is 2.27. The van der Waals surface area contributed by atoms with Gasteiger partial charge in [0.1, 0.15) is 22.6 Å². The minimum Gasteiger partial charge on any atom is -0.496 e. The van der Waals surface area contributed by atoms with E-state index in [4.69, 9.17) is 16.2 Å². The van der Waals surface area contributed by atoms with Crippen molar-refractivity contribution in [3.8, 4) is 5.75 Å². The number of rotatable bonds is 3. The lowest BCUT2D eigenvalue weighted by Gasteiger charge is -2.08. The molecule has 2 aromatic heterocycles. The molecule has 0 saturated heterocycles. The van der Waals surface area contributed by atoms with Crippen LogP contribution in [0.15, 0.2) is 29.1 Å². The molecule has 0 aliphatic heterocycles. The molecule has 0 atom stereocenters. The molecule has 0 aliphatic rings. The van der Waals surface area contributed by atoms with Gasteiger partial charge in [0, 0.05) is 12.0 Å². The SMILES string of the molecule is COc1ccccc1Cc1c(N)[nH]c2c(=O)[nH]c(N)nc12.Cl. The highest BCUT2D eigenvalue weighted by atomic mass is 35.5. The van der Waals surface area contributed by atoms with Crippen molar-refractivity contribution in [3.63, 3.8) is 0 Å². The smallest absolute Gasteiger partial charge is 0.276 e. The highest BCUT2D eigenvalue weighted by Gasteiger charge is 2.16. The number of nitrogens with zero attached hydrogens (tertiary/aromatic N) is 1. The van der Waals surface area contributed by atoms with Crippen LogP contribution in [-0.4, -0.2) is 22.1 Å². The largest absolute Gasteiger partial charge is 0.496 e. The third-order valence-corrected chi connectivity index (χ3v) is 3.37. The van der Waals surface area contributed by atoms with Crippen molar-refractivity contribution in [3.05, 3.63) is 45.7 Å². The summed E-state index contributed by atoms with van der Waals surface area (Å²) in [7, 11) is 1.61. The normalized spacial score (nSPS) is 10.4. The van der Waals surface area contributed by atoms with Gasteiger partial charge in [-0.15, -0.1) is 12.4 Å². The van der Waals surface area contributed by atoms with Gasteiger partial charge in [-0.1, -0.05) is 18.2 Å². The first-order valence-corrected chi connectivity index (χ1v) is 6.38. The first-order chi connectivity index (χ1) is 10.1. The van der Waals surface area contributed by atoms with E-state index in [0.717, 1.165) is 16.9 Å². The summed E-state index contributed by atoms with van der Waals surface area (Å²) in [6, 6.07) is 7.61. The summed E-state index contributed by atoms with van der Waals surface area (Å²) in [6.45, 7) is 0. The van der Waals surface area contributed by atoms with Crippen LogP contribution in [0, 0.1) is 0 Å². The Hall–Kier alpha value is -2.67. The van der Waals surface area contributed by atoms with Gasteiger partial charge < -0.3 is 21.2 Å². The van der Waals surface area contributed by atoms with Crippen LogP contribution in [-0.2, 0) is 6.42 Å². The summed E-state index contributed by atoms with van der Waals surface area (Å²) >= 11 is 0. The number of hydrogen-bond acceptors (Lipinski definition) is 5. The van der Waals surface area contributed by atoms with Gasteiger partial charge in [0.25, 0.3) is 5.56 Å². The minimum atomic E-state index is -0.338. The van der Waals surface area contributed by atoms with E-state index < -0.39 is 0 Å². The van der Waals surface area contributed by atoms with Gasteiger partial charge in [0.15, 0.2) is 0 Å². The van der Waals surface area contributed by atoms with Gasteiger partial charge >= 0.3 is 0 Å². The van der Waals surface area contributed by atoms with Crippen LogP contribution in [0.1, 0.15) is 11.1 Å². The van der Waals surface area contributed by atoms with Gasteiger partial charge in [-0.2, -0.15) is 0 Å². The number of fused-ring (bicyclic) bond motifs is 1. The van der Waals surface area contributed by atoms with Crippen LogP contribution >= 0.6 is 12.4 Å². The molecule has 1 aromatic carbocycles. The molecule has 0 saturated carbocycles. The molecule has 0 unspecified atom stereocenters. The molecule has 0 aliphatic carbocycles. The molecule has 3 rings (SSSR count). The fourth-order valence-electron chi connectivity index (χ4n) is 2.38. The fraction of sp³-hybridized carbons (Fsp3) is 0.143. The zero-order valence-corrected chi connectivity index (χ0v) is 12.7. The van der Waals surface area contributed by atoms with Gasteiger partial charge in [0.2, 0.25) is 5.95 Å². The first-order valence-electron chi connectivity index (χ1n) is 6.38. The maximum Gasteiger partial charge on any atom is 0.276 e. The molecule has 0 fully saturated rings. The molecular weight excluding hydrogens is 306 g/mol. The predicted octanol–water partition coefficient (Wildman–Crippen LogP) is 1.44. The third-order valence-electron chi connectivity index (χ3n) is 3.37. The van der Waals surface area contributed by atoms with Crippen LogP contribution in [0.5, 0.6) is 5.75 Å². The summed E-state index contributed by atoms with van der Waals surface area (Å²) in [5, 5.41) is 0. The molecule has 22 heavy (non-hydrogen) atoms. The van der Waals surface area contributed by atoms with Crippen molar-refractivity contribution in [2.45, 2.75) is 6.42 Å². The Labute approximate surface area is 132 Å². The van der Waals surface area contributed by atoms with Gasteiger partial charge in [-0.25, -0.2) is 4.98 Å². The Bertz CT molecular complexity index is 871. The summed E-state index contributed by atoms with van der Waals surface area (Å²) in [4.78, 5) is 21.3. The van der Waals surface area contributed by atoms with E-state index in [2.05, 4.69) is 15.0 Å². The third kappa shape index (κ3) is 2.58. The Kier molecular flexibility index (Phi) is 4.27. The van der Waals surface area contributed by atoms with E-state index in [9.17, 15) is 4.79 Å². The topological polar surface area (TPSA) is 123 Å². The molecule has 0 spiro atoms. The van der Waals surface area contributed by atoms with E-state index in [1.807, 2.05) is 24.3 Å². The number of anilines is 2. The first kappa shape index (κ1) is 15.7. The molecule has 2 heterocycles. The van der Waals surface area contributed by atoms with Gasteiger partial charge in [0.05, 0.1) is 7.11 Å². The Balaban J connectivity index is 0.00000176. The van der Waals surface area contributed by atoms with Crippen molar-refractivity contribution >= 4 is 35.2 Å². The minimum absolute atomic E-state index is 0. The molecule has 7 nitrogen and oxygen atoms in total. The molecule has 8 heteroatoms. The average Bonchev–Trinajstić information content (AvgIpc) is 2.77. The van der Waals surface area contributed by atoms with Crippen LogP contribution in [0.4, 0.5) is 11.8 Å². The summed E-state index contributed by atoms with van der Waals surface area (Å²) < 4.78 is 5.33. The zero-order valence-electron chi connectivity index (χ0n) is 11.8. The number of para-hydroxylation sites is 1. The van der Waals surface area contributed by atoms with Crippen molar-refractivity contribution in [2.75, 3.05) is 18.6 Å². The number of nitrogen functional groups attached to an aromatic ring is 2. The van der Waals surface area contributed by atoms with Gasteiger partial charge in [-0.3, -0.25) is 9.78 Å². The number of nitrogens with two attached hydrogens (primary N) is 2. The molecule has 0 radical (unpaired) electrons. The monoisotopic (exact) mass is 321 g/mol. The lowest BCUT2D eigenvalue weighted by Crippen LogP contribution is -2.11. The number of nitrogens with one attached hydrogen (secondary N) is 2. The number of aromatic amines is 2. The average molecular weight is 322 g/mol. The zero-order chi connectivity index (χ0) is 15.0. The number of ether oxygens (including phenoxy) is 1. The maximum absolute atomic E-state index is 11.9. The lowest BCUT2D eigenvalue weighted by molar-refractivity contribution is 0.410. The van der Waals surface area contributed by atoms with E-state index in [-0.39, 0.29) is 23.9 Å². The quantitative estimate of drug-likeness (QED) is 0.581. The Morgan fingerprint density at radius 3 is 2.68 bits per heavy atom. The molecule has 0 amide bonds. The lowest BCUT2D eigenvalue weighted by atomic mass is 10.0. The number of aromatic nitrogens is 3. The molecule has 3 aromatic rings. The van der Waals surface area contributed by atoms with E-state index in [1.54, 1.807) is 7.11 Å². The van der Waals surface area contributed by atoms with Crippen LogP contribution in [0.3, 0.4) is 0 Å². The van der Waals surface area contributed by atoms with E-state index in [0.29, 0.717) is 23.3 Å². The van der Waals surface area contributed by atoms with Gasteiger partial charge in [-0.05, 0) is 11.6 Å². The van der Waals surface area contributed by atoms with Crippen molar-refractivity contribution < 1.29 is 4.74 Å². The molecular formula is C14H16ClN5O2. The van der Waals surface area contributed by atoms with Crippen molar-refractivity contribution in [1.82, 2.24) is 15.0 Å². The Morgan fingerprint density at radius 1 is 1.23 bits per heavy atom. The van der Waals surface area contributed by atoms with Crippen molar-refractivity contribution in [2.24, 2.45) is 0 Å². The maximum atomic E-state index is 11.9. The number of hydrogen-bond donors (Lipinski definition) is 4.